The number of anilines is 2. The Hall–Kier alpha value is -4.16. The number of amides is 1. The van der Waals surface area contributed by atoms with Crippen LogP contribution in [-0.2, 0) is 4.74 Å². The summed E-state index contributed by atoms with van der Waals surface area (Å²) in [6.45, 7) is 5.33. The maximum atomic E-state index is 13.6. The fourth-order valence-corrected chi connectivity index (χ4v) is 5.21. The molecule has 7 rings (SSSR count). The molecule has 3 aromatic rings. The predicted octanol–water partition coefficient (Wildman–Crippen LogP) is 2.34. The zero-order valence-corrected chi connectivity index (χ0v) is 22.0. The Morgan fingerprint density at radius 3 is 2.82 bits per heavy atom. The number of nitrogens with zero attached hydrogens (tertiary/aromatic N) is 7. The quantitative estimate of drug-likeness (QED) is 0.514. The number of ether oxygens (including phenoxy) is 2. The van der Waals surface area contributed by atoms with Gasteiger partial charge in [0, 0.05) is 32.3 Å². The summed E-state index contributed by atoms with van der Waals surface area (Å²) in [5, 5.41) is 11.3. The molecule has 1 aliphatic carbocycles. The number of amidine groups is 1. The molecule has 2 N–H and O–H groups in total. The van der Waals surface area contributed by atoms with Gasteiger partial charge in [0.25, 0.3) is 5.91 Å². The van der Waals surface area contributed by atoms with Crippen molar-refractivity contribution >= 4 is 23.1 Å². The van der Waals surface area contributed by atoms with Gasteiger partial charge in [-0.1, -0.05) is 6.07 Å². The maximum Gasteiger partial charge on any atom is 0.274 e. The van der Waals surface area contributed by atoms with Crippen LogP contribution in [0.5, 0.6) is 5.75 Å². The lowest BCUT2D eigenvalue weighted by Crippen LogP contribution is -2.48. The van der Waals surface area contributed by atoms with Crippen LogP contribution in [0.3, 0.4) is 0 Å². The Morgan fingerprint density at radius 1 is 1.15 bits per heavy atom. The molecule has 1 saturated carbocycles. The average molecular weight is 530 g/mol. The largest absolute Gasteiger partial charge is 0.488 e. The number of morpholine rings is 1. The van der Waals surface area contributed by atoms with Crippen molar-refractivity contribution in [3.63, 3.8) is 0 Å². The zero-order chi connectivity index (χ0) is 26.5. The van der Waals surface area contributed by atoms with Gasteiger partial charge >= 0.3 is 0 Å². The number of hydrazine groups is 2. The van der Waals surface area contributed by atoms with E-state index in [1.807, 2.05) is 47.2 Å². The molecule has 5 heterocycles. The molecule has 202 valence electrons. The molecule has 2 fully saturated rings. The van der Waals surface area contributed by atoms with E-state index in [1.54, 1.807) is 11.3 Å². The van der Waals surface area contributed by atoms with E-state index in [0.717, 1.165) is 41.6 Å². The fourth-order valence-electron chi connectivity index (χ4n) is 5.21. The number of rotatable bonds is 5. The number of carbonyl (C=O) groups excluding carboxylic acids is 1. The minimum atomic E-state index is -0.318. The number of carbonyl (C=O) groups is 1. The number of hydrazone groups is 1. The second-order valence-corrected chi connectivity index (χ2v) is 10.4. The summed E-state index contributed by atoms with van der Waals surface area (Å²) in [6.07, 6.45) is 8.04. The van der Waals surface area contributed by atoms with E-state index < -0.39 is 0 Å². The van der Waals surface area contributed by atoms with Gasteiger partial charge in [-0.25, -0.2) is 15.1 Å². The average Bonchev–Trinajstić information content (AvgIpc) is 3.59. The molecule has 12 nitrogen and oxygen atoms in total. The summed E-state index contributed by atoms with van der Waals surface area (Å²) in [5.41, 5.74) is 7.81. The highest BCUT2D eigenvalue weighted by molar-refractivity contribution is 6.08. The molecule has 0 unspecified atom stereocenters. The second kappa shape index (κ2) is 9.54. The van der Waals surface area contributed by atoms with Gasteiger partial charge in [0.1, 0.15) is 12.3 Å². The third kappa shape index (κ3) is 4.45. The van der Waals surface area contributed by atoms with Crippen LogP contribution in [0.4, 0.5) is 11.4 Å². The molecular formula is C27H31N9O3. The molecule has 3 aliphatic heterocycles. The van der Waals surface area contributed by atoms with E-state index >= 15 is 0 Å². The Balaban J connectivity index is 1.21. The van der Waals surface area contributed by atoms with Crippen molar-refractivity contribution in [2.45, 2.75) is 31.7 Å². The number of para-hydroxylation sites is 1. The Bertz CT molecular complexity index is 1440. The minimum absolute atomic E-state index is 0.0392. The van der Waals surface area contributed by atoms with E-state index in [-0.39, 0.29) is 11.9 Å². The Morgan fingerprint density at radius 2 is 2.00 bits per heavy atom. The predicted molar refractivity (Wildman–Crippen MR) is 145 cm³/mol. The first kappa shape index (κ1) is 23.9. The molecule has 1 atom stereocenters. The standard InChI is InChI=1S/C27H31N9O3/c1-17-15-39-25-19(26-31-33(2)32-36(17)26)4-3-5-20(25)30-27(37)21-12-23(35-14-22(29-16-35)18-6-7-18)24(13-28-21)34-8-10-38-11-9-34/h3-5,12-14,16-18,32H,6-11,15H2,1-2H3,(H,30,37)/t17-/m1/s1. The van der Waals surface area contributed by atoms with E-state index in [1.165, 1.54) is 12.8 Å². The lowest BCUT2D eigenvalue weighted by atomic mass is 10.1. The molecule has 1 amide bonds. The normalized spacial score (nSPS) is 20.6. The Labute approximate surface area is 226 Å². The number of imidazole rings is 1. The van der Waals surface area contributed by atoms with Crippen LogP contribution in [0.25, 0.3) is 5.69 Å². The van der Waals surface area contributed by atoms with Crippen LogP contribution in [0.2, 0.25) is 0 Å². The molecule has 4 aliphatic rings. The van der Waals surface area contributed by atoms with Crippen molar-refractivity contribution in [2.24, 2.45) is 5.10 Å². The molecule has 0 spiro atoms. The van der Waals surface area contributed by atoms with Crippen LogP contribution >= 0.6 is 0 Å². The molecule has 1 aromatic carbocycles. The van der Waals surface area contributed by atoms with Gasteiger partial charge in [0.2, 0.25) is 0 Å². The van der Waals surface area contributed by atoms with E-state index in [9.17, 15) is 4.79 Å². The zero-order valence-electron chi connectivity index (χ0n) is 22.0. The lowest BCUT2D eigenvalue weighted by molar-refractivity contribution is 0.0943. The molecule has 0 radical (unpaired) electrons. The van der Waals surface area contributed by atoms with Gasteiger partial charge in [-0.15, -0.1) is 10.6 Å². The molecular weight excluding hydrogens is 498 g/mol. The van der Waals surface area contributed by atoms with Crippen LogP contribution in [0.1, 0.15) is 47.4 Å². The monoisotopic (exact) mass is 529 g/mol. The van der Waals surface area contributed by atoms with Crippen LogP contribution in [0, 0.1) is 0 Å². The van der Waals surface area contributed by atoms with E-state index in [4.69, 9.17) is 9.47 Å². The molecule has 39 heavy (non-hydrogen) atoms. The van der Waals surface area contributed by atoms with Gasteiger partial charge in [-0.05, 0) is 38.0 Å². The third-order valence-corrected chi connectivity index (χ3v) is 7.46. The van der Waals surface area contributed by atoms with Gasteiger partial charge in [-0.3, -0.25) is 9.80 Å². The number of benzene rings is 1. The van der Waals surface area contributed by atoms with Gasteiger partial charge in [0.05, 0.1) is 60.1 Å². The highest BCUT2D eigenvalue weighted by Crippen LogP contribution is 2.40. The number of pyridine rings is 1. The first-order valence-corrected chi connectivity index (χ1v) is 13.4. The van der Waals surface area contributed by atoms with Crippen LogP contribution < -0.4 is 20.5 Å². The second-order valence-electron chi connectivity index (χ2n) is 10.4. The summed E-state index contributed by atoms with van der Waals surface area (Å²) < 4.78 is 13.7. The van der Waals surface area contributed by atoms with Gasteiger partial charge in [0.15, 0.2) is 11.6 Å². The minimum Gasteiger partial charge on any atom is -0.488 e. The summed E-state index contributed by atoms with van der Waals surface area (Å²) in [7, 11) is 1.85. The van der Waals surface area contributed by atoms with Crippen molar-refractivity contribution in [1.29, 1.82) is 0 Å². The summed E-state index contributed by atoms with van der Waals surface area (Å²) in [5.74, 6) is 1.55. The first-order chi connectivity index (χ1) is 19.0. The smallest absolute Gasteiger partial charge is 0.274 e. The van der Waals surface area contributed by atoms with Crippen molar-refractivity contribution in [3.8, 4) is 11.4 Å². The van der Waals surface area contributed by atoms with Crippen molar-refractivity contribution in [1.82, 2.24) is 30.2 Å². The van der Waals surface area contributed by atoms with Crippen molar-refractivity contribution in [3.05, 3.63) is 59.9 Å². The van der Waals surface area contributed by atoms with E-state index in [2.05, 4.69) is 43.9 Å². The maximum absolute atomic E-state index is 13.6. The number of aromatic nitrogens is 3. The summed E-state index contributed by atoms with van der Waals surface area (Å²) in [6, 6.07) is 7.55. The highest BCUT2D eigenvalue weighted by Gasteiger charge is 2.33. The van der Waals surface area contributed by atoms with Crippen molar-refractivity contribution < 1.29 is 14.3 Å². The fraction of sp³-hybridized carbons (Fsp3) is 0.407. The highest BCUT2D eigenvalue weighted by atomic mass is 16.5. The SMILES string of the molecule is C[C@@H]1COc2c(NC(=O)c3cc(-n4cnc(C5CC5)c4)c(N4CCOCC4)cn3)cccc2C2=NN(C)NN21. The summed E-state index contributed by atoms with van der Waals surface area (Å²) >= 11 is 0. The topological polar surface area (TPSA) is 112 Å². The van der Waals surface area contributed by atoms with Crippen LogP contribution in [-0.4, -0.2) is 82.4 Å². The van der Waals surface area contributed by atoms with Crippen molar-refractivity contribution in [2.75, 3.05) is 50.2 Å². The number of hydrogen-bond acceptors (Lipinski definition) is 10. The summed E-state index contributed by atoms with van der Waals surface area (Å²) in [4.78, 5) is 25.0. The third-order valence-electron chi connectivity index (χ3n) is 7.46. The number of fused-ring (bicyclic) bond motifs is 3. The number of hydrogen-bond donors (Lipinski definition) is 2. The first-order valence-electron chi connectivity index (χ1n) is 13.4. The van der Waals surface area contributed by atoms with E-state index in [0.29, 0.717) is 42.9 Å². The number of nitrogens with one attached hydrogen (secondary N) is 2. The van der Waals surface area contributed by atoms with Gasteiger partial charge in [-0.2, -0.15) is 0 Å². The Kier molecular flexibility index (Phi) is 5.85. The molecule has 12 heteroatoms. The molecule has 0 bridgehead atoms. The lowest BCUT2D eigenvalue weighted by Gasteiger charge is -2.30. The molecule has 1 saturated heterocycles. The van der Waals surface area contributed by atoms with Crippen LogP contribution in [0.15, 0.2) is 48.1 Å². The molecule has 2 aromatic heterocycles. The van der Waals surface area contributed by atoms with Gasteiger partial charge < -0.3 is 24.3 Å².